The number of hydrogen-bond donors (Lipinski definition) is 1. The minimum Gasteiger partial charge on any atom is -0.390 e. The van der Waals surface area contributed by atoms with Gasteiger partial charge in [-0.05, 0) is 19.1 Å². The molecule has 1 N–H and O–H groups in total. The first-order chi connectivity index (χ1) is 11.2. The zero-order chi connectivity index (χ0) is 17.5. The number of sulfone groups is 1. The van der Waals surface area contributed by atoms with Crippen LogP contribution < -0.4 is 0 Å². The van der Waals surface area contributed by atoms with E-state index < -0.39 is 32.0 Å². The van der Waals surface area contributed by atoms with Crippen molar-refractivity contribution in [3.63, 3.8) is 0 Å². The summed E-state index contributed by atoms with van der Waals surface area (Å²) in [4.78, 5) is 2.15. The van der Waals surface area contributed by atoms with Crippen LogP contribution in [0.5, 0.6) is 0 Å². The van der Waals surface area contributed by atoms with Gasteiger partial charge in [0.05, 0.1) is 28.5 Å². The van der Waals surface area contributed by atoms with Gasteiger partial charge in [-0.15, -0.1) is 0 Å². The molecule has 134 valence electrons. The number of aryl methyl sites for hydroxylation is 1. The molecule has 0 bridgehead atoms. The summed E-state index contributed by atoms with van der Waals surface area (Å²) in [5.41, 5.74) is 0.996. The number of aliphatic hydroxyl groups excluding tert-OH is 1. The highest BCUT2D eigenvalue weighted by Crippen LogP contribution is 2.23. The largest absolute Gasteiger partial charge is 0.390 e. The highest BCUT2D eigenvalue weighted by molar-refractivity contribution is 7.91. The van der Waals surface area contributed by atoms with E-state index in [2.05, 4.69) is 0 Å². The van der Waals surface area contributed by atoms with Crippen LogP contribution in [0.25, 0.3) is 0 Å². The van der Waals surface area contributed by atoms with E-state index in [1.807, 2.05) is 11.8 Å². The standard InChI is InChI=1S/C15H22N2O5S2/c1-12-2-4-13(5-3-12)24(21,22)17-8-6-16(7-9-17)14-10-23(19,20)11-15(14)18/h2-5,14-15,18H,6-11H2,1H3. The number of piperazine rings is 1. The van der Waals surface area contributed by atoms with Gasteiger partial charge in [0.15, 0.2) is 9.84 Å². The first-order valence-corrected chi connectivity index (χ1v) is 11.1. The smallest absolute Gasteiger partial charge is 0.243 e. The van der Waals surface area contributed by atoms with Gasteiger partial charge in [0.1, 0.15) is 0 Å². The summed E-state index contributed by atoms with van der Waals surface area (Å²) in [5.74, 6) is -0.265. The Morgan fingerprint density at radius 2 is 1.62 bits per heavy atom. The molecule has 2 atom stereocenters. The Balaban J connectivity index is 1.68. The molecule has 0 aromatic heterocycles. The normalized spacial score (nSPS) is 28.9. The van der Waals surface area contributed by atoms with E-state index in [1.165, 1.54) is 4.31 Å². The molecule has 0 radical (unpaired) electrons. The predicted molar refractivity (Wildman–Crippen MR) is 90.0 cm³/mol. The van der Waals surface area contributed by atoms with E-state index >= 15 is 0 Å². The number of benzene rings is 1. The molecule has 0 aliphatic carbocycles. The summed E-state index contributed by atoms with van der Waals surface area (Å²) in [6.45, 7) is 3.32. The molecule has 2 heterocycles. The van der Waals surface area contributed by atoms with Gasteiger partial charge in [0.2, 0.25) is 10.0 Å². The lowest BCUT2D eigenvalue weighted by Crippen LogP contribution is -2.54. The van der Waals surface area contributed by atoms with Gasteiger partial charge in [-0.3, -0.25) is 4.90 Å². The van der Waals surface area contributed by atoms with Crippen molar-refractivity contribution in [1.82, 2.24) is 9.21 Å². The summed E-state index contributed by atoms with van der Waals surface area (Å²) >= 11 is 0. The second-order valence-corrected chi connectivity index (χ2v) is 10.6. The Morgan fingerprint density at radius 3 is 2.12 bits per heavy atom. The van der Waals surface area contributed by atoms with Gasteiger partial charge in [-0.25, -0.2) is 16.8 Å². The topological polar surface area (TPSA) is 95.0 Å². The molecule has 9 heteroatoms. The van der Waals surface area contributed by atoms with Gasteiger partial charge in [-0.2, -0.15) is 4.31 Å². The summed E-state index contributed by atoms with van der Waals surface area (Å²) in [6, 6.07) is 6.31. The Bertz CT molecular complexity index is 797. The molecule has 1 aromatic rings. The Labute approximate surface area is 142 Å². The number of rotatable bonds is 3. The van der Waals surface area contributed by atoms with Crippen molar-refractivity contribution in [2.24, 2.45) is 0 Å². The molecule has 3 rings (SSSR count). The molecular formula is C15H22N2O5S2. The molecular weight excluding hydrogens is 352 g/mol. The molecule has 1 aromatic carbocycles. The summed E-state index contributed by atoms with van der Waals surface area (Å²) in [5, 5.41) is 9.95. The highest BCUT2D eigenvalue weighted by Gasteiger charge is 2.41. The maximum atomic E-state index is 12.7. The van der Waals surface area contributed by atoms with E-state index in [1.54, 1.807) is 24.3 Å². The molecule has 2 unspecified atom stereocenters. The van der Waals surface area contributed by atoms with Crippen molar-refractivity contribution in [3.8, 4) is 0 Å². The second-order valence-electron chi connectivity index (χ2n) is 6.46. The molecule has 0 saturated carbocycles. The van der Waals surface area contributed by atoms with E-state index in [0.717, 1.165) is 5.56 Å². The van der Waals surface area contributed by atoms with Crippen LogP contribution >= 0.6 is 0 Å². The lowest BCUT2D eigenvalue weighted by Gasteiger charge is -2.37. The lowest BCUT2D eigenvalue weighted by molar-refractivity contribution is 0.0618. The minimum atomic E-state index is -3.54. The second kappa shape index (κ2) is 6.38. The third kappa shape index (κ3) is 3.50. The fraction of sp³-hybridized carbons (Fsp3) is 0.600. The van der Waals surface area contributed by atoms with Gasteiger partial charge in [0, 0.05) is 26.2 Å². The van der Waals surface area contributed by atoms with Gasteiger partial charge in [0.25, 0.3) is 0 Å². The van der Waals surface area contributed by atoms with E-state index in [0.29, 0.717) is 26.2 Å². The SMILES string of the molecule is Cc1ccc(S(=O)(=O)N2CCN(C3CS(=O)(=O)CC3O)CC2)cc1. The average Bonchev–Trinajstić information content (AvgIpc) is 2.81. The Hall–Kier alpha value is -1.00. The Morgan fingerprint density at radius 1 is 1.04 bits per heavy atom. The fourth-order valence-electron chi connectivity index (χ4n) is 3.29. The number of sulfonamides is 1. The van der Waals surface area contributed by atoms with Gasteiger partial charge in [-0.1, -0.05) is 17.7 Å². The number of aliphatic hydroxyl groups is 1. The molecule has 2 fully saturated rings. The first kappa shape index (κ1) is 17.8. The lowest BCUT2D eigenvalue weighted by atomic mass is 10.1. The minimum absolute atomic E-state index is 0.0567. The van der Waals surface area contributed by atoms with E-state index in [9.17, 15) is 21.9 Å². The van der Waals surface area contributed by atoms with Crippen molar-refractivity contribution >= 4 is 19.9 Å². The van der Waals surface area contributed by atoms with Gasteiger partial charge >= 0.3 is 0 Å². The van der Waals surface area contributed by atoms with Crippen LogP contribution in [0.15, 0.2) is 29.2 Å². The average molecular weight is 374 g/mol. The fourth-order valence-corrected chi connectivity index (χ4v) is 6.55. The van der Waals surface area contributed by atoms with Crippen molar-refractivity contribution in [1.29, 1.82) is 0 Å². The Kier molecular flexibility index (Phi) is 4.73. The van der Waals surface area contributed by atoms with Crippen LogP contribution in [0.3, 0.4) is 0 Å². The summed E-state index contributed by atoms with van der Waals surface area (Å²) in [7, 11) is -6.74. The van der Waals surface area contributed by atoms with Crippen LogP contribution in [-0.4, -0.2) is 81.0 Å². The quantitative estimate of drug-likeness (QED) is 0.764. The van der Waals surface area contributed by atoms with Crippen LogP contribution in [0.1, 0.15) is 5.56 Å². The van der Waals surface area contributed by atoms with Crippen molar-refractivity contribution in [3.05, 3.63) is 29.8 Å². The molecule has 7 nitrogen and oxygen atoms in total. The molecule has 0 amide bonds. The monoisotopic (exact) mass is 374 g/mol. The van der Waals surface area contributed by atoms with E-state index in [-0.39, 0.29) is 16.4 Å². The molecule has 24 heavy (non-hydrogen) atoms. The maximum absolute atomic E-state index is 12.7. The van der Waals surface area contributed by atoms with Crippen LogP contribution in [0, 0.1) is 6.92 Å². The van der Waals surface area contributed by atoms with Crippen molar-refractivity contribution in [2.75, 3.05) is 37.7 Å². The van der Waals surface area contributed by atoms with Crippen LogP contribution in [-0.2, 0) is 19.9 Å². The third-order valence-corrected chi connectivity index (χ3v) is 8.31. The van der Waals surface area contributed by atoms with Crippen molar-refractivity contribution in [2.45, 2.75) is 24.0 Å². The molecule has 2 aliphatic rings. The number of nitrogens with zero attached hydrogens (tertiary/aromatic N) is 2. The number of hydrogen-bond acceptors (Lipinski definition) is 6. The molecule has 2 saturated heterocycles. The predicted octanol–water partition coefficient (Wildman–Crippen LogP) is -0.541. The maximum Gasteiger partial charge on any atom is 0.243 e. The zero-order valence-corrected chi connectivity index (χ0v) is 15.1. The molecule has 2 aliphatic heterocycles. The molecule has 0 spiro atoms. The third-order valence-electron chi connectivity index (χ3n) is 4.69. The van der Waals surface area contributed by atoms with E-state index in [4.69, 9.17) is 0 Å². The van der Waals surface area contributed by atoms with Crippen LogP contribution in [0.4, 0.5) is 0 Å². The first-order valence-electron chi connectivity index (χ1n) is 7.88. The van der Waals surface area contributed by atoms with Crippen molar-refractivity contribution < 1.29 is 21.9 Å². The van der Waals surface area contributed by atoms with Crippen LogP contribution in [0.2, 0.25) is 0 Å². The van der Waals surface area contributed by atoms with Gasteiger partial charge < -0.3 is 5.11 Å². The summed E-state index contributed by atoms with van der Waals surface area (Å²) in [6.07, 6.45) is -0.893. The summed E-state index contributed by atoms with van der Waals surface area (Å²) < 4.78 is 50.0. The zero-order valence-electron chi connectivity index (χ0n) is 13.5. The highest BCUT2D eigenvalue weighted by atomic mass is 32.2.